The maximum absolute atomic E-state index is 12.5. The molecule has 0 radical (unpaired) electrons. The summed E-state index contributed by atoms with van der Waals surface area (Å²) in [6.45, 7) is 1.47. The SMILES string of the molecule is COC(=O)c1ccc(O[C@@H](C)C(=O)Nc2ccc(OC)cc2[N+](=O)[O-])c(OC)c1. The van der Waals surface area contributed by atoms with Crippen molar-refractivity contribution in [1.82, 2.24) is 0 Å². The van der Waals surface area contributed by atoms with Crippen molar-refractivity contribution in [2.45, 2.75) is 13.0 Å². The minimum absolute atomic E-state index is 0.00394. The quantitative estimate of drug-likeness (QED) is 0.404. The number of carbonyl (C=O) groups is 2. The van der Waals surface area contributed by atoms with Crippen molar-refractivity contribution in [3.05, 3.63) is 52.1 Å². The van der Waals surface area contributed by atoms with Crippen LogP contribution in [0.3, 0.4) is 0 Å². The van der Waals surface area contributed by atoms with Gasteiger partial charge in [0.05, 0.1) is 37.9 Å². The van der Waals surface area contributed by atoms with Gasteiger partial charge in [-0.2, -0.15) is 0 Å². The molecule has 0 aliphatic carbocycles. The second-order valence-electron chi connectivity index (χ2n) is 5.75. The zero-order valence-electron chi connectivity index (χ0n) is 16.3. The molecular weight excluding hydrogens is 384 g/mol. The van der Waals surface area contributed by atoms with Crippen molar-refractivity contribution >= 4 is 23.3 Å². The Balaban J connectivity index is 2.18. The number of rotatable bonds is 8. The van der Waals surface area contributed by atoms with Crippen LogP contribution in [0.4, 0.5) is 11.4 Å². The van der Waals surface area contributed by atoms with Gasteiger partial charge in [0.15, 0.2) is 17.6 Å². The number of carbonyl (C=O) groups excluding carboxylic acids is 2. The van der Waals surface area contributed by atoms with E-state index in [0.29, 0.717) is 0 Å². The number of ether oxygens (including phenoxy) is 4. The van der Waals surface area contributed by atoms with Crippen molar-refractivity contribution in [3.8, 4) is 17.2 Å². The van der Waals surface area contributed by atoms with Crippen molar-refractivity contribution in [2.24, 2.45) is 0 Å². The van der Waals surface area contributed by atoms with Crippen LogP contribution in [0.15, 0.2) is 36.4 Å². The Morgan fingerprint density at radius 3 is 2.34 bits per heavy atom. The van der Waals surface area contributed by atoms with Gasteiger partial charge >= 0.3 is 5.97 Å². The molecule has 1 atom stereocenters. The summed E-state index contributed by atoms with van der Waals surface area (Å²) in [7, 11) is 4.02. The van der Waals surface area contributed by atoms with Crippen LogP contribution in [0, 0.1) is 10.1 Å². The van der Waals surface area contributed by atoms with Gasteiger partial charge < -0.3 is 24.3 Å². The zero-order chi connectivity index (χ0) is 21.6. The van der Waals surface area contributed by atoms with Gasteiger partial charge in [-0.15, -0.1) is 0 Å². The largest absolute Gasteiger partial charge is 0.496 e. The van der Waals surface area contributed by atoms with Gasteiger partial charge in [-0.25, -0.2) is 4.79 Å². The molecule has 0 saturated heterocycles. The van der Waals surface area contributed by atoms with E-state index in [2.05, 4.69) is 10.1 Å². The average Bonchev–Trinajstić information content (AvgIpc) is 2.73. The second kappa shape index (κ2) is 9.40. The van der Waals surface area contributed by atoms with Crippen LogP contribution in [-0.2, 0) is 9.53 Å². The molecule has 10 heteroatoms. The number of methoxy groups -OCH3 is 3. The lowest BCUT2D eigenvalue weighted by Gasteiger charge is -2.17. The summed E-state index contributed by atoms with van der Waals surface area (Å²) >= 11 is 0. The first kappa shape index (κ1) is 21.5. The first-order valence-corrected chi connectivity index (χ1v) is 8.37. The molecule has 0 aliphatic rings. The third-order valence-corrected chi connectivity index (χ3v) is 3.92. The molecule has 10 nitrogen and oxygen atoms in total. The molecule has 0 fully saturated rings. The Kier molecular flexibility index (Phi) is 6.96. The van der Waals surface area contributed by atoms with Crippen LogP contribution in [-0.4, -0.2) is 44.2 Å². The number of amides is 1. The molecule has 0 unspecified atom stereocenters. The summed E-state index contributed by atoms with van der Waals surface area (Å²) in [5.41, 5.74) is -0.0585. The number of hydrogen-bond acceptors (Lipinski definition) is 8. The third kappa shape index (κ3) is 5.12. The van der Waals surface area contributed by atoms with E-state index >= 15 is 0 Å². The summed E-state index contributed by atoms with van der Waals surface area (Å²) < 4.78 is 20.4. The van der Waals surface area contributed by atoms with E-state index in [1.807, 2.05) is 0 Å². The lowest BCUT2D eigenvalue weighted by atomic mass is 10.2. The molecule has 29 heavy (non-hydrogen) atoms. The minimum atomic E-state index is -1.02. The van der Waals surface area contributed by atoms with Gasteiger partial charge in [0.1, 0.15) is 11.4 Å². The Labute approximate surface area is 166 Å². The first-order valence-electron chi connectivity index (χ1n) is 8.37. The molecule has 154 valence electrons. The fraction of sp³-hybridized carbons (Fsp3) is 0.263. The van der Waals surface area contributed by atoms with Gasteiger partial charge in [-0.3, -0.25) is 14.9 Å². The highest BCUT2D eigenvalue weighted by Gasteiger charge is 2.22. The number of anilines is 1. The van der Waals surface area contributed by atoms with Crippen molar-refractivity contribution < 1.29 is 33.5 Å². The predicted octanol–water partition coefficient (Wildman–Crippen LogP) is 2.80. The van der Waals surface area contributed by atoms with Crippen LogP contribution in [0.5, 0.6) is 17.2 Å². The number of nitrogens with zero attached hydrogens (tertiary/aromatic N) is 1. The third-order valence-electron chi connectivity index (χ3n) is 3.92. The molecule has 2 aromatic rings. The fourth-order valence-corrected chi connectivity index (χ4v) is 2.38. The van der Waals surface area contributed by atoms with Crippen molar-refractivity contribution in [3.63, 3.8) is 0 Å². The summed E-state index contributed by atoms with van der Waals surface area (Å²) in [6, 6.07) is 8.40. The number of hydrogen-bond donors (Lipinski definition) is 1. The van der Waals surface area contributed by atoms with Crippen LogP contribution in [0.2, 0.25) is 0 Å². The van der Waals surface area contributed by atoms with E-state index in [1.54, 1.807) is 0 Å². The second-order valence-corrected chi connectivity index (χ2v) is 5.75. The fourth-order valence-electron chi connectivity index (χ4n) is 2.38. The van der Waals surface area contributed by atoms with E-state index in [-0.39, 0.29) is 34.2 Å². The number of nitro benzene ring substituents is 1. The van der Waals surface area contributed by atoms with E-state index in [1.165, 1.54) is 64.7 Å². The van der Waals surface area contributed by atoms with Crippen LogP contribution >= 0.6 is 0 Å². The highest BCUT2D eigenvalue weighted by molar-refractivity contribution is 5.96. The molecule has 0 spiro atoms. The minimum Gasteiger partial charge on any atom is -0.496 e. The Morgan fingerprint density at radius 1 is 1.03 bits per heavy atom. The van der Waals surface area contributed by atoms with Gasteiger partial charge in [-0.1, -0.05) is 0 Å². The highest BCUT2D eigenvalue weighted by atomic mass is 16.6. The predicted molar refractivity (Wildman–Crippen MR) is 103 cm³/mol. The molecular formula is C19H20N2O8. The van der Waals surface area contributed by atoms with E-state index in [0.717, 1.165) is 0 Å². The molecule has 0 aliphatic heterocycles. The summed E-state index contributed by atoms with van der Waals surface area (Å²) in [4.78, 5) is 34.7. The highest BCUT2D eigenvalue weighted by Crippen LogP contribution is 2.31. The van der Waals surface area contributed by atoms with Gasteiger partial charge in [0, 0.05) is 0 Å². The Hall–Kier alpha value is -3.82. The molecule has 0 saturated carbocycles. The molecule has 0 bridgehead atoms. The van der Waals surface area contributed by atoms with E-state index in [4.69, 9.17) is 14.2 Å². The molecule has 0 aromatic heterocycles. The molecule has 2 aromatic carbocycles. The average molecular weight is 404 g/mol. The number of esters is 1. The maximum Gasteiger partial charge on any atom is 0.337 e. The zero-order valence-corrected chi connectivity index (χ0v) is 16.3. The molecule has 1 N–H and O–H groups in total. The van der Waals surface area contributed by atoms with Gasteiger partial charge in [-0.05, 0) is 37.3 Å². The van der Waals surface area contributed by atoms with Gasteiger partial charge in [0.2, 0.25) is 0 Å². The number of nitro groups is 1. The smallest absolute Gasteiger partial charge is 0.337 e. The molecule has 1 amide bonds. The topological polar surface area (TPSA) is 126 Å². The number of benzene rings is 2. The standard InChI is InChI=1S/C19H20N2O8/c1-11(29-16-8-5-12(19(23)28-4)9-17(16)27-3)18(22)20-14-7-6-13(26-2)10-15(14)21(24)25/h5-11H,1-4H3,(H,20,22)/t11-/m0/s1. The maximum atomic E-state index is 12.5. The summed E-state index contributed by atoms with van der Waals surface area (Å²) in [6.07, 6.45) is -1.02. The normalized spacial score (nSPS) is 11.2. The molecule has 2 rings (SSSR count). The van der Waals surface area contributed by atoms with Crippen molar-refractivity contribution in [1.29, 1.82) is 0 Å². The first-order chi connectivity index (χ1) is 13.8. The Morgan fingerprint density at radius 2 is 1.76 bits per heavy atom. The number of nitrogens with one attached hydrogen (secondary N) is 1. The van der Waals surface area contributed by atoms with E-state index in [9.17, 15) is 19.7 Å². The Bertz CT molecular complexity index is 928. The molecule has 0 heterocycles. The lowest BCUT2D eigenvalue weighted by Crippen LogP contribution is -2.30. The van der Waals surface area contributed by atoms with Crippen LogP contribution in [0.25, 0.3) is 0 Å². The van der Waals surface area contributed by atoms with E-state index < -0.39 is 22.9 Å². The summed E-state index contributed by atoms with van der Waals surface area (Å²) in [5.74, 6) is -0.436. The lowest BCUT2D eigenvalue weighted by molar-refractivity contribution is -0.384. The monoisotopic (exact) mass is 404 g/mol. The van der Waals surface area contributed by atoms with Gasteiger partial charge in [0.25, 0.3) is 11.6 Å². The summed E-state index contributed by atoms with van der Waals surface area (Å²) in [5, 5.41) is 13.7. The van der Waals surface area contributed by atoms with Crippen molar-refractivity contribution in [2.75, 3.05) is 26.6 Å². The van der Waals surface area contributed by atoms with Crippen LogP contribution in [0.1, 0.15) is 17.3 Å². The van der Waals surface area contributed by atoms with Crippen LogP contribution < -0.4 is 19.5 Å².